The van der Waals surface area contributed by atoms with Gasteiger partial charge < -0.3 is 19.5 Å². The second-order valence-electron chi connectivity index (χ2n) is 5.72. The summed E-state index contributed by atoms with van der Waals surface area (Å²) in [5.41, 5.74) is 2.37. The molecule has 0 saturated carbocycles. The number of amides is 1. The molecule has 1 atom stereocenters. The second kappa shape index (κ2) is 6.93. The molecule has 0 aromatic heterocycles. The number of aliphatic hydroxyl groups excluding tert-OH is 1. The zero-order chi connectivity index (χ0) is 17.1. The van der Waals surface area contributed by atoms with Crippen LogP contribution in [0.2, 0.25) is 0 Å². The van der Waals surface area contributed by atoms with Crippen LogP contribution in [0.1, 0.15) is 25.0 Å². The number of hydrogen-bond donors (Lipinski definition) is 1. The van der Waals surface area contributed by atoms with E-state index in [1.54, 1.807) is 24.0 Å². The standard InChI is InChI=1S/C19H21NO4/c1-3-20-16-9-15(11-21)10-17(18(16)24-13(2)19(20)22)23-12-14-7-5-4-6-8-14/h4-10,13,21H,3,11-12H2,1-2H3. The van der Waals surface area contributed by atoms with Crippen molar-refractivity contribution in [2.24, 2.45) is 0 Å². The summed E-state index contributed by atoms with van der Waals surface area (Å²) >= 11 is 0. The van der Waals surface area contributed by atoms with Gasteiger partial charge in [-0.1, -0.05) is 30.3 Å². The molecule has 0 saturated heterocycles. The van der Waals surface area contributed by atoms with E-state index < -0.39 is 6.10 Å². The van der Waals surface area contributed by atoms with E-state index >= 15 is 0 Å². The number of nitrogens with zero attached hydrogens (tertiary/aromatic N) is 1. The van der Waals surface area contributed by atoms with E-state index in [4.69, 9.17) is 9.47 Å². The van der Waals surface area contributed by atoms with E-state index in [0.29, 0.717) is 35.9 Å². The third-order valence-electron chi connectivity index (χ3n) is 4.03. The normalized spacial score (nSPS) is 16.5. The third kappa shape index (κ3) is 3.08. The molecule has 1 heterocycles. The molecule has 0 radical (unpaired) electrons. The Bertz CT molecular complexity index is 730. The first-order chi connectivity index (χ1) is 11.6. The van der Waals surface area contributed by atoms with Crippen molar-refractivity contribution in [3.8, 4) is 11.5 Å². The van der Waals surface area contributed by atoms with Crippen molar-refractivity contribution >= 4 is 11.6 Å². The molecule has 126 valence electrons. The highest BCUT2D eigenvalue weighted by Gasteiger charge is 2.33. The molecule has 1 N–H and O–H groups in total. The SMILES string of the molecule is CCN1C(=O)C(C)Oc2c(OCc3ccccc3)cc(CO)cc21. The lowest BCUT2D eigenvalue weighted by Crippen LogP contribution is -2.44. The van der Waals surface area contributed by atoms with Crippen LogP contribution in [-0.4, -0.2) is 23.7 Å². The number of hydrogen-bond acceptors (Lipinski definition) is 4. The van der Waals surface area contributed by atoms with Crippen LogP contribution >= 0.6 is 0 Å². The number of fused-ring (bicyclic) bond motifs is 1. The Labute approximate surface area is 141 Å². The Morgan fingerprint density at radius 2 is 1.96 bits per heavy atom. The molecule has 1 aliphatic heterocycles. The molecule has 0 fully saturated rings. The van der Waals surface area contributed by atoms with Crippen molar-refractivity contribution in [3.05, 3.63) is 53.6 Å². The van der Waals surface area contributed by atoms with Gasteiger partial charge in [-0.3, -0.25) is 4.79 Å². The predicted molar refractivity (Wildman–Crippen MR) is 91.3 cm³/mol. The average Bonchev–Trinajstić information content (AvgIpc) is 2.62. The lowest BCUT2D eigenvalue weighted by molar-refractivity contribution is -0.125. The molecule has 2 aromatic rings. The molecular weight excluding hydrogens is 306 g/mol. The first kappa shape index (κ1) is 16.3. The first-order valence-electron chi connectivity index (χ1n) is 8.06. The first-order valence-corrected chi connectivity index (χ1v) is 8.06. The summed E-state index contributed by atoms with van der Waals surface area (Å²) in [7, 11) is 0. The lowest BCUT2D eigenvalue weighted by Gasteiger charge is -2.33. The zero-order valence-corrected chi connectivity index (χ0v) is 13.9. The van der Waals surface area contributed by atoms with E-state index in [-0.39, 0.29) is 12.5 Å². The highest BCUT2D eigenvalue weighted by Crippen LogP contribution is 2.43. The van der Waals surface area contributed by atoms with Crippen LogP contribution < -0.4 is 14.4 Å². The molecule has 0 aliphatic carbocycles. The fraction of sp³-hybridized carbons (Fsp3) is 0.316. The zero-order valence-electron chi connectivity index (χ0n) is 13.9. The van der Waals surface area contributed by atoms with E-state index in [9.17, 15) is 9.90 Å². The summed E-state index contributed by atoms with van der Waals surface area (Å²) < 4.78 is 11.7. The predicted octanol–water partition coefficient (Wildman–Crippen LogP) is 2.89. The molecule has 1 unspecified atom stereocenters. The molecule has 5 heteroatoms. The number of carbonyl (C=O) groups excluding carboxylic acids is 1. The van der Waals surface area contributed by atoms with Gasteiger partial charge in [0.1, 0.15) is 6.61 Å². The minimum Gasteiger partial charge on any atom is -0.485 e. The molecule has 1 amide bonds. The average molecular weight is 327 g/mol. The van der Waals surface area contributed by atoms with Gasteiger partial charge in [0.05, 0.1) is 12.3 Å². The van der Waals surface area contributed by atoms with E-state index in [1.807, 2.05) is 37.3 Å². The van der Waals surface area contributed by atoms with Crippen molar-refractivity contribution in [1.29, 1.82) is 0 Å². The van der Waals surface area contributed by atoms with Crippen LogP contribution in [0.3, 0.4) is 0 Å². The number of aliphatic hydroxyl groups is 1. The van der Waals surface area contributed by atoms with Gasteiger partial charge in [0.25, 0.3) is 5.91 Å². The van der Waals surface area contributed by atoms with Crippen LogP contribution in [0.25, 0.3) is 0 Å². The lowest BCUT2D eigenvalue weighted by atomic mass is 10.1. The Hall–Kier alpha value is -2.53. The molecule has 0 bridgehead atoms. The number of benzene rings is 2. The Morgan fingerprint density at radius 1 is 1.21 bits per heavy atom. The Balaban J connectivity index is 1.97. The van der Waals surface area contributed by atoms with Crippen molar-refractivity contribution < 1.29 is 19.4 Å². The summed E-state index contributed by atoms with van der Waals surface area (Å²) in [6.45, 7) is 4.44. The maximum absolute atomic E-state index is 12.3. The summed E-state index contributed by atoms with van der Waals surface area (Å²) in [6.07, 6.45) is -0.559. The summed E-state index contributed by atoms with van der Waals surface area (Å²) in [4.78, 5) is 14.0. The largest absolute Gasteiger partial charge is 0.485 e. The van der Waals surface area contributed by atoms with Crippen LogP contribution in [0, 0.1) is 0 Å². The van der Waals surface area contributed by atoms with Gasteiger partial charge in [0, 0.05) is 6.54 Å². The van der Waals surface area contributed by atoms with Gasteiger partial charge >= 0.3 is 0 Å². The molecular formula is C19H21NO4. The molecule has 2 aromatic carbocycles. The molecule has 1 aliphatic rings. The van der Waals surface area contributed by atoms with Crippen LogP contribution in [0.15, 0.2) is 42.5 Å². The van der Waals surface area contributed by atoms with E-state index in [0.717, 1.165) is 5.56 Å². The molecule has 5 nitrogen and oxygen atoms in total. The summed E-state index contributed by atoms with van der Waals surface area (Å²) in [5, 5.41) is 9.53. The Kier molecular flexibility index (Phi) is 4.71. The van der Waals surface area contributed by atoms with Crippen molar-refractivity contribution in [1.82, 2.24) is 0 Å². The van der Waals surface area contributed by atoms with Gasteiger partial charge in [-0.25, -0.2) is 0 Å². The summed E-state index contributed by atoms with van der Waals surface area (Å²) in [5.74, 6) is 1.00. The third-order valence-corrected chi connectivity index (χ3v) is 4.03. The fourth-order valence-electron chi connectivity index (χ4n) is 2.79. The van der Waals surface area contributed by atoms with Crippen LogP contribution in [0.4, 0.5) is 5.69 Å². The number of rotatable bonds is 5. The topological polar surface area (TPSA) is 59.0 Å². The Morgan fingerprint density at radius 3 is 2.62 bits per heavy atom. The number of carbonyl (C=O) groups is 1. The molecule has 0 spiro atoms. The van der Waals surface area contributed by atoms with Gasteiger partial charge in [-0.15, -0.1) is 0 Å². The second-order valence-corrected chi connectivity index (χ2v) is 5.72. The molecule has 3 rings (SSSR count). The number of ether oxygens (including phenoxy) is 2. The monoisotopic (exact) mass is 327 g/mol. The minimum absolute atomic E-state index is 0.0888. The number of anilines is 1. The minimum atomic E-state index is -0.559. The van der Waals surface area contributed by atoms with E-state index in [2.05, 4.69) is 0 Å². The number of likely N-dealkylation sites (N-methyl/N-ethyl adjacent to an activating group) is 1. The van der Waals surface area contributed by atoms with Gasteiger partial charge in [0.2, 0.25) is 0 Å². The van der Waals surface area contributed by atoms with Crippen LogP contribution in [0.5, 0.6) is 11.5 Å². The molecule has 24 heavy (non-hydrogen) atoms. The maximum Gasteiger partial charge on any atom is 0.267 e. The van der Waals surface area contributed by atoms with Crippen molar-refractivity contribution in [2.75, 3.05) is 11.4 Å². The highest BCUT2D eigenvalue weighted by molar-refractivity contribution is 6.00. The quantitative estimate of drug-likeness (QED) is 0.917. The van der Waals surface area contributed by atoms with Gasteiger partial charge in [0.15, 0.2) is 17.6 Å². The van der Waals surface area contributed by atoms with Gasteiger partial charge in [-0.05, 0) is 37.1 Å². The van der Waals surface area contributed by atoms with Crippen LogP contribution in [-0.2, 0) is 18.0 Å². The smallest absolute Gasteiger partial charge is 0.267 e. The highest BCUT2D eigenvalue weighted by atomic mass is 16.5. The van der Waals surface area contributed by atoms with Crippen molar-refractivity contribution in [3.63, 3.8) is 0 Å². The van der Waals surface area contributed by atoms with E-state index in [1.165, 1.54) is 0 Å². The van der Waals surface area contributed by atoms with Crippen molar-refractivity contribution in [2.45, 2.75) is 33.2 Å². The van der Waals surface area contributed by atoms with Gasteiger partial charge in [-0.2, -0.15) is 0 Å². The maximum atomic E-state index is 12.3. The fourth-order valence-corrected chi connectivity index (χ4v) is 2.79. The summed E-state index contributed by atoms with van der Waals surface area (Å²) in [6, 6.07) is 13.4.